The molecule has 0 aliphatic carbocycles. The van der Waals surface area contributed by atoms with Crippen molar-refractivity contribution in [3.8, 4) is 0 Å². The molecule has 0 amide bonds. The van der Waals surface area contributed by atoms with Crippen LogP contribution in [0.25, 0.3) is 10.8 Å². The number of nitrogens with zero attached hydrogens (tertiary/aromatic N) is 1. The number of carboxylic acids is 1. The number of rotatable bonds is 5. The number of aromatic carboxylic acids is 1. The summed E-state index contributed by atoms with van der Waals surface area (Å²) in [5.41, 5.74) is 0.116. The zero-order valence-electron chi connectivity index (χ0n) is 11.1. The summed E-state index contributed by atoms with van der Waals surface area (Å²) in [6.45, 7) is 4.35. The van der Waals surface area contributed by atoms with Crippen LogP contribution in [0.3, 0.4) is 0 Å². The zero-order chi connectivity index (χ0) is 13.8. The second kappa shape index (κ2) is 6.06. The maximum Gasteiger partial charge on any atom is 0.354 e. The molecular weight excluding hydrogens is 258 g/mol. The number of hydrogen-bond acceptors (Lipinski definition) is 3. The third kappa shape index (κ3) is 3.26. The number of carboxylic acid groups (broad SMARTS) is 1. The summed E-state index contributed by atoms with van der Waals surface area (Å²) in [5, 5.41) is 11.9. The number of thioether (sulfide) groups is 1. The minimum Gasteiger partial charge on any atom is -0.477 e. The molecule has 2 aromatic rings. The van der Waals surface area contributed by atoms with Crippen LogP contribution in [0.2, 0.25) is 0 Å². The van der Waals surface area contributed by atoms with E-state index in [1.807, 2.05) is 24.3 Å². The van der Waals surface area contributed by atoms with Crippen molar-refractivity contribution in [2.45, 2.75) is 25.3 Å². The molecule has 3 nitrogen and oxygen atoms in total. The Morgan fingerprint density at radius 3 is 2.84 bits per heavy atom. The van der Waals surface area contributed by atoms with E-state index >= 15 is 0 Å². The molecule has 2 rings (SSSR count). The van der Waals surface area contributed by atoms with Gasteiger partial charge in [0.05, 0.1) is 0 Å². The minimum absolute atomic E-state index is 0.116. The Kier molecular flexibility index (Phi) is 4.43. The second-order valence-corrected chi connectivity index (χ2v) is 5.67. The van der Waals surface area contributed by atoms with E-state index < -0.39 is 5.97 Å². The number of benzene rings is 1. The third-order valence-electron chi connectivity index (χ3n) is 3.13. The predicted molar refractivity (Wildman–Crippen MR) is 78.9 cm³/mol. The SMILES string of the molecule is CCC(C)CSc1nc(C(=O)O)cc2ccccc12. The molecule has 0 fully saturated rings. The molecule has 4 heteroatoms. The number of fused-ring (bicyclic) bond motifs is 1. The monoisotopic (exact) mass is 275 g/mol. The van der Waals surface area contributed by atoms with Crippen LogP contribution in [-0.2, 0) is 0 Å². The van der Waals surface area contributed by atoms with Crippen molar-refractivity contribution in [2.24, 2.45) is 5.92 Å². The van der Waals surface area contributed by atoms with Gasteiger partial charge in [-0.3, -0.25) is 0 Å². The smallest absolute Gasteiger partial charge is 0.354 e. The molecular formula is C15H17NO2S. The summed E-state index contributed by atoms with van der Waals surface area (Å²) >= 11 is 1.64. The Bertz CT molecular complexity index is 598. The van der Waals surface area contributed by atoms with Crippen LogP contribution in [0, 0.1) is 5.92 Å². The number of carbonyl (C=O) groups is 1. The van der Waals surface area contributed by atoms with Crippen LogP contribution >= 0.6 is 11.8 Å². The van der Waals surface area contributed by atoms with E-state index in [-0.39, 0.29) is 5.69 Å². The third-order valence-corrected chi connectivity index (χ3v) is 4.45. The fraction of sp³-hybridized carbons (Fsp3) is 0.333. The zero-order valence-corrected chi connectivity index (χ0v) is 11.9. The van der Waals surface area contributed by atoms with Gasteiger partial charge in [0.25, 0.3) is 0 Å². The molecule has 1 unspecified atom stereocenters. The van der Waals surface area contributed by atoms with Gasteiger partial charge in [-0.25, -0.2) is 9.78 Å². The first kappa shape index (κ1) is 13.9. The molecule has 100 valence electrons. The van der Waals surface area contributed by atoms with Crippen molar-refractivity contribution in [1.29, 1.82) is 0 Å². The summed E-state index contributed by atoms with van der Waals surface area (Å²) in [6.07, 6.45) is 1.11. The van der Waals surface area contributed by atoms with Gasteiger partial charge in [0.15, 0.2) is 0 Å². The van der Waals surface area contributed by atoms with Crippen LogP contribution in [0.5, 0.6) is 0 Å². The van der Waals surface area contributed by atoms with Gasteiger partial charge in [-0.05, 0) is 17.4 Å². The van der Waals surface area contributed by atoms with Crippen molar-refractivity contribution < 1.29 is 9.90 Å². The lowest BCUT2D eigenvalue weighted by atomic mass is 10.1. The average molecular weight is 275 g/mol. The van der Waals surface area contributed by atoms with Crippen LogP contribution in [0.15, 0.2) is 35.4 Å². The normalized spacial score (nSPS) is 12.5. The lowest BCUT2D eigenvalue weighted by molar-refractivity contribution is 0.0690. The molecule has 0 saturated carbocycles. The van der Waals surface area contributed by atoms with E-state index in [2.05, 4.69) is 18.8 Å². The standard InChI is InChI=1S/C15H17NO2S/c1-3-10(2)9-19-14-12-7-5-4-6-11(12)8-13(16-14)15(17)18/h4-8,10H,3,9H2,1-2H3,(H,17,18). The van der Waals surface area contributed by atoms with Crippen LogP contribution in [0.4, 0.5) is 0 Å². The maximum atomic E-state index is 11.1. The van der Waals surface area contributed by atoms with Gasteiger partial charge < -0.3 is 5.11 Å². The van der Waals surface area contributed by atoms with E-state index in [0.29, 0.717) is 5.92 Å². The molecule has 0 bridgehead atoms. The first-order valence-corrected chi connectivity index (χ1v) is 7.36. The fourth-order valence-corrected chi connectivity index (χ4v) is 2.91. The summed E-state index contributed by atoms with van der Waals surface area (Å²) in [5.74, 6) is 0.575. The highest BCUT2D eigenvalue weighted by Gasteiger charge is 2.12. The van der Waals surface area contributed by atoms with E-state index in [1.54, 1.807) is 17.8 Å². The molecule has 1 aromatic heterocycles. The molecule has 1 aromatic carbocycles. The maximum absolute atomic E-state index is 11.1. The predicted octanol–water partition coefficient (Wildman–Crippen LogP) is 4.07. The highest BCUT2D eigenvalue weighted by atomic mass is 32.2. The Hall–Kier alpha value is -1.55. The Balaban J connectivity index is 2.41. The Labute approximate surface area is 117 Å². The van der Waals surface area contributed by atoms with Crippen molar-refractivity contribution in [3.63, 3.8) is 0 Å². The van der Waals surface area contributed by atoms with Crippen molar-refractivity contribution in [3.05, 3.63) is 36.0 Å². The molecule has 1 heterocycles. The van der Waals surface area contributed by atoms with E-state index in [9.17, 15) is 4.79 Å². The van der Waals surface area contributed by atoms with Gasteiger partial charge in [-0.15, -0.1) is 11.8 Å². The van der Waals surface area contributed by atoms with Gasteiger partial charge >= 0.3 is 5.97 Å². The second-order valence-electron chi connectivity index (χ2n) is 4.66. The van der Waals surface area contributed by atoms with Crippen LogP contribution < -0.4 is 0 Å². The molecule has 0 spiro atoms. The molecule has 0 aliphatic heterocycles. The van der Waals surface area contributed by atoms with Crippen molar-refractivity contribution in [1.82, 2.24) is 4.98 Å². The Morgan fingerprint density at radius 2 is 2.16 bits per heavy atom. The van der Waals surface area contributed by atoms with Crippen LogP contribution in [-0.4, -0.2) is 21.8 Å². The molecule has 0 aliphatic rings. The first-order valence-electron chi connectivity index (χ1n) is 6.37. The van der Waals surface area contributed by atoms with Gasteiger partial charge in [0.1, 0.15) is 10.7 Å². The lowest BCUT2D eigenvalue weighted by Crippen LogP contribution is -2.03. The highest BCUT2D eigenvalue weighted by Crippen LogP contribution is 2.28. The molecule has 0 radical (unpaired) electrons. The van der Waals surface area contributed by atoms with Gasteiger partial charge in [-0.2, -0.15) is 0 Å². The fourth-order valence-electron chi connectivity index (χ4n) is 1.73. The highest BCUT2D eigenvalue weighted by molar-refractivity contribution is 7.99. The minimum atomic E-state index is -0.976. The molecule has 19 heavy (non-hydrogen) atoms. The first-order chi connectivity index (χ1) is 9.11. The summed E-state index contributed by atoms with van der Waals surface area (Å²) in [6, 6.07) is 9.42. The number of aromatic nitrogens is 1. The summed E-state index contributed by atoms with van der Waals surface area (Å²) < 4.78 is 0. The van der Waals surface area contributed by atoms with E-state index in [4.69, 9.17) is 5.11 Å². The summed E-state index contributed by atoms with van der Waals surface area (Å²) in [7, 11) is 0. The molecule has 1 N–H and O–H groups in total. The number of hydrogen-bond donors (Lipinski definition) is 1. The van der Waals surface area contributed by atoms with Gasteiger partial charge in [0.2, 0.25) is 0 Å². The van der Waals surface area contributed by atoms with Crippen molar-refractivity contribution >= 4 is 28.5 Å². The topological polar surface area (TPSA) is 50.2 Å². The number of pyridine rings is 1. The molecule has 1 atom stereocenters. The quantitative estimate of drug-likeness (QED) is 0.836. The average Bonchev–Trinajstić information content (AvgIpc) is 2.43. The molecule has 0 saturated heterocycles. The summed E-state index contributed by atoms with van der Waals surface area (Å²) in [4.78, 5) is 15.4. The Morgan fingerprint density at radius 1 is 1.42 bits per heavy atom. The van der Waals surface area contributed by atoms with E-state index in [1.165, 1.54) is 0 Å². The largest absolute Gasteiger partial charge is 0.477 e. The van der Waals surface area contributed by atoms with E-state index in [0.717, 1.165) is 28.0 Å². The van der Waals surface area contributed by atoms with Gasteiger partial charge in [-0.1, -0.05) is 44.5 Å². The van der Waals surface area contributed by atoms with Crippen molar-refractivity contribution in [2.75, 3.05) is 5.75 Å². The lowest BCUT2D eigenvalue weighted by Gasteiger charge is -2.10. The van der Waals surface area contributed by atoms with Crippen LogP contribution in [0.1, 0.15) is 30.8 Å². The van der Waals surface area contributed by atoms with Gasteiger partial charge in [0, 0.05) is 11.1 Å².